The Morgan fingerprint density at radius 3 is 2.50 bits per heavy atom. The minimum Gasteiger partial charge on any atom is -0.238 e. The van der Waals surface area contributed by atoms with Crippen LogP contribution in [-0.2, 0) is 0 Å². The van der Waals surface area contributed by atoms with E-state index in [4.69, 9.17) is 0 Å². The van der Waals surface area contributed by atoms with Gasteiger partial charge in [-0.2, -0.15) is 10.7 Å². The Morgan fingerprint density at radius 2 is 1.59 bits per heavy atom. The highest BCUT2D eigenvalue weighted by Gasteiger charge is 2.42. The van der Waals surface area contributed by atoms with Crippen LogP contribution in [0.25, 0.3) is 0 Å². The predicted octanol–water partition coefficient (Wildman–Crippen LogP) is 3.22. The molecule has 22 heavy (non-hydrogen) atoms. The molecule has 1 saturated carbocycles. The number of hydrogen-bond donors (Lipinski definition) is 2. The molecule has 4 heteroatoms. The van der Waals surface area contributed by atoms with E-state index in [2.05, 4.69) is 21.1 Å². The van der Waals surface area contributed by atoms with Crippen molar-refractivity contribution < 1.29 is 0 Å². The molecule has 0 aromatic carbocycles. The molecule has 3 aliphatic heterocycles. The lowest BCUT2D eigenvalue weighted by Crippen LogP contribution is -2.53. The Balaban J connectivity index is 1.43. The summed E-state index contributed by atoms with van der Waals surface area (Å²) >= 11 is 0. The van der Waals surface area contributed by atoms with Crippen LogP contribution < -0.4 is 11.0 Å². The van der Waals surface area contributed by atoms with Crippen LogP contribution >= 0.6 is 0 Å². The van der Waals surface area contributed by atoms with Gasteiger partial charge in [0, 0.05) is 25.2 Å². The van der Waals surface area contributed by atoms with Gasteiger partial charge in [0.05, 0.1) is 0 Å². The highest BCUT2D eigenvalue weighted by molar-refractivity contribution is 4.92. The van der Waals surface area contributed by atoms with Gasteiger partial charge in [0.25, 0.3) is 0 Å². The second-order valence-corrected chi connectivity index (χ2v) is 8.19. The normalized spacial score (nSPS) is 44.5. The molecule has 4 fully saturated rings. The summed E-state index contributed by atoms with van der Waals surface area (Å²) in [4.78, 5) is 0. The zero-order valence-electron chi connectivity index (χ0n) is 14.1. The Bertz CT molecular complexity index is 361. The molecule has 4 rings (SSSR count). The SMILES string of the molecule is C1CCCCC2CN(NN2)N2CCC3CCC(CCC1)CC32. The van der Waals surface area contributed by atoms with Gasteiger partial charge in [-0.25, -0.2) is 10.4 Å². The minimum atomic E-state index is 0.642. The van der Waals surface area contributed by atoms with E-state index in [-0.39, 0.29) is 0 Å². The molecule has 5 unspecified atom stereocenters. The van der Waals surface area contributed by atoms with Crippen LogP contribution in [-0.4, -0.2) is 35.3 Å². The summed E-state index contributed by atoms with van der Waals surface area (Å²) in [6, 6.07) is 1.46. The van der Waals surface area contributed by atoms with Crippen LogP contribution in [0.1, 0.15) is 77.0 Å². The second kappa shape index (κ2) is 7.16. The van der Waals surface area contributed by atoms with E-state index in [0.29, 0.717) is 6.04 Å². The van der Waals surface area contributed by atoms with Crippen molar-refractivity contribution in [3.63, 3.8) is 0 Å². The lowest BCUT2D eigenvalue weighted by atomic mass is 9.77. The first kappa shape index (κ1) is 15.4. The molecule has 3 heterocycles. The number of rotatable bonds is 0. The maximum atomic E-state index is 3.53. The molecule has 0 radical (unpaired) electrons. The Morgan fingerprint density at radius 1 is 0.773 bits per heavy atom. The molecular weight excluding hydrogens is 272 g/mol. The average molecular weight is 306 g/mol. The first-order chi connectivity index (χ1) is 10.9. The molecule has 126 valence electrons. The summed E-state index contributed by atoms with van der Waals surface area (Å²) < 4.78 is 0. The van der Waals surface area contributed by atoms with E-state index in [0.717, 1.165) is 24.4 Å². The highest BCUT2D eigenvalue weighted by atomic mass is 15.9. The van der Waals surface area contributed by atoms with Crippen molar-refractivity contribution in [1.82, 2.24) is 21.1 Å². The zero-order chi connectivity index (χ0) is 14.8. The largest absolute Gasteiger partial charge is 0.238 e. The van der Waals surface area contributed by atoms with E-state index in [1.54, 1.807) is 0 Å². The van der Waals surface area contributed by atoms with E-state index in [1.807, 2.05) is 0 Å². The van der Waals surface area contributed by atoms with Gasteiger partial charge in [0.15, 0.2) is 0 Å². The van der Waals surface area contributed by atoms with Crippen LogP contribution in [0.2, 0.25) is 0 Å². The fourth-order valence-electron chi connectivity index (χ4n) is 5.35. The van der Waals surface area contributed by atoms with Gasteiger partial charge in [0.2, 0.25) is 0 Å². The van der Waals surface area contributed by atoms with Crippen molar-refractivity contribution in [2.24, 2.45) is 11.8 Å². The van der Waals surface area contributed by atoms with E-state index in [1.165, 1.54) is 83.6 Å². The van der Waals surface area contributed by atoms with Gasteiger partial charge >= 0.3 is 0 Å². The van der Waals surface area contributed by atoms with Crippen LogP contribution in [0.3, 0.4) is 0 Å². The lowest BCUT2D eigenvalue weighted by molar-refractivity contribution is -0.0796. The summed E-state index contributed by atoms with van der Waals surface area (Å²) in [5, 5.41) is 5.11. The summed E-state index contributed by atoms with van der Waals surface area (Å²) in [5.41, 5.74) is 7.01. The fraction of sp³-hybridized carbons (Fsp3) is 1.00. The van der Waals surface area contributed by atoms with Gasteiger partial charge < -0.3 is 0 Å². The Hall–Kier alpha value is -0.160. The first-order valence-corrected chi connectivity index (χ1v) is 9.95. The Labute approximate surface area is 135 Å². The van der Waals surface area contributed by atoms with Crippen molar-refractivity contribution >= 4 is 0 Å². The standard InChI is InChI=1S/C18H34N4/c1-2-4-6-8-17-14-22(20-19-17)21-12-11-16-10-9-15(7-5-3-1)13-18(16)21/h15-20H,1-14H2. The van der Waals surface area contributed by atoms with Gasteiger partial charge in [-0.1, -0.05) is 51.4 Å². The molecule has 4 bridgehead atoms. The lowest BCUT2D eigenvalue weighted by Gasteiger charge is -2.39. The molecule has 4 aliphatic rings. The maximum Gasteiger partial charge on any atom is 0.0472 e. The number of hydrazine groups is 3. The van der Waals surface area contributed by atoms with Crippen LogP contribution in [0, 0.1) is 11.8 Å². The van der Waals surface area contributed by atoms with Gasteiger partial charge in [-0.05, 0) is 37.5 Å². The van der Waals surface area contributed by atoms with Gasteiger partial charge in [-0.3, -0.25) is 0 Å². The molecule has 0 aromatic heterocycles. The minimum absolute atomic E-state index is 0.642. The number of fused-ring (bicyclic) bond motifs is 4. The maximum absolute atomic E-state index is 3.53. The summed E-state index contributed by atoms with van der Waals surface area (Å²) in [6.07, 6.45) is 17.4. The van der Waals surface area contributed by atoms with Crippen molar-refractivity contribution in [2.45, 2.75) is 89.1 Å². The van der Waals surface area contributed by atoms with Crippen LogP contribution in [0.5, 0.6) is 0 Å². The Kier molecular flexibility index (Phi) is 5.01. The van der Waals surface area contributed by atoms with E-state index in [9.17, 15) is 0 Å². The predicted molar refractivity (Wildman–Crippen MR) is 89.6 cm³/mol. The molecule has 5 atom stereocenters. The van der Waals surface area contributed by atoms with Crippen molar-refractivity contribution in [3.05, 3.63) is 0 Å². The molecule has 0 amide bonds. The third-order valence-corrected chi connectivity index (χ3v) is 6.69. The highest BCUT2D eigenvalue weighted by Crippen LogP contribution is 2.41. The molecule has 0 aromatic rings. The molecule has 4 nitrogen and oxygen atoms in total. The molecular formula is C18H34N4. The van der Waals surface area contributed by atoms with Crippen molar-refractivity contribution in [1.29, 1.82) is 0 Å². The van der Waals surface area contributed by atoms with E-state index >= 15 is 0 Å². The fourth-order valence-corrected chi connectivity index (χ4v) is 5.35. The monoisotopic (exact) mass is 306 g/mol. The van der Waals surface area contributed by atoms with Crippen molar-refractivity contribution in [2.75, 3.05) is 13.1 Å². The van der Waals surface area contributed by atoms with Gasteiger partial charge in [0.1, 0.15) is 0 Å². The van der Waals surface area contributed by atoms with Crippen LogP contribution in [0.15, 0.2) is 0 Å². The van der Waals surface area contributed by atoms with E-state index < -0.39 is 0 Å². The van der Waals surface area contributed by atoms with Gasteiger partial charge in [-0.15, -0.1) is 0 Å². The van der Waals surface area contributed by atoms with Crippen molar-refractivity contribution in [3.8, 4) is 0 Å². The molecule has 3 saturated heterocycles. The van der Waals surface area contributed by atoms with Crippen LogP contribution in [0.4, 0.5) is 0 Å². The topological polar surface area (TPSA) is 30.5 Å². The first-order valence-electron chi connectivity index (χ1n) is 9.95. The summed E-state index contributed by atoms with van der Waals surface area (Å²) in [7, 11) is 0. The quantitative estimate of drug-likeness (QED) is 0.719. The third kappa shape index (κ3) is 3.35. The number of nitrogens with zero attached hydrogens (tertiary/aromatic N) is 2. The zero-order valence-corrected chi connectivity index (χ0v) is 14.1. The summed E-state index contributed by atoms with van der Waals surface area (Å²) in [5.74, 6) is 1.96. The molecule has 1 aliphatic carbocycles. The number of hydrogen-bond acceptors (Lipinski definition) is 4. The third-order valence-electron chi connectivity index (χ3n) is 6.69. The smallest absolute Gasteiger partial charge is 0.0472 e. The molecule has 2 N–H and O–H groups in total. The average Bonchev–Trinajstić information content (AvgIpc) is 3.15. The second-order valence-electron chi connectivity index (χ2n) is 8.19. The number of nitrogens with one attached hydrogen (secondary N) is 2. The molecule has 0 spiro atoms. The summed E-state index contributed by atoms with van der Waals surface area (Å²) in [6.45, 7) is 2.43.